The Labute approximate surface area is 224 Å². The van der Waals surface area contributed by atoms with Gasteiger partial charge in [-0.3, -0.25) is 9.59 Å². The molecule has 2 amide bonds. The lowest BCUT2D eigenvalue weighted by Gasteiger charge is -2.41. The van der Waals surface area contributed by atoms with Crippen LogP contribution in [0.4, 0.5) is 0 Å². The number of amides is 2. The molecule has 1 atom stereocenters. The van der Waals surface area contributed by atoms with Gasteiger partial charge in [-0.15, -0.1) is 0 Å². The minimum atomic E-state index is -0.127. The van der Waals surface area contributed by atoms with E-state index in [4.69, 9.17) is 4.74 Å². The Hall–Kier alpha value is -4.38. The van der Waals surface area contributed by atoms with E-state index in [1.807, 2.05) is 41.3 Å². The van der Waals surface area contributed by atoms with Crippen LogP contribution in [0.3, 0.4) is 0 Å². The summed E-state index contributed by atoms with van der Waals surface area (Å²) < 4.78 is 5.22. The smallest absolute Gasteiger partial charge is 0.254 e. The van der Waals surface area contributed by atoms with Crippen molar-refractivity contribution in [2.75, 3.05) is 20.2 Å². The molecule has 38 heavy (non-hydrogen) atoms. The highest BCUT2D eigenvalue weighted by molar-refractivity contribution is 5.97. The summed E-state index contributed by atoms with van der Waals surface area (Å²) in [5.41, 5.74) is 5.19. The Kier molecular flexibility index (Phi) is 7.84. The molecule has 4 aromatic carbocycles. The molecule has 1 saturated heterocycles. The van der Waals surface area contributed by atoms with Gasteiger partial charge in [0.2, 0.25) is 5.91 Å². The Morgan fingerprint density at radius 2 is 1.42 bits per heavy atom. The quantitative estimate of drug-likeness (QED) is 0.303. The second-order valence-corrected chi connectivity index (χ2v) is 9.68. The number of ether oxygens (including phenoxy) is 1. The third kappa shape index (κ3) is 5.94. The molecule has 0 aromatic heterocycles. The van der Waals surface area contributed by atoms with Crippen molar-refractivity contribution in [3.05, 3.63) is 126 Å². The van der Waals surface area contributed by atoms with Crippen molar-refractivity contribution in [2.45, 2.75) is 25.4 Å². The minimum absolute atomic E-state index is 0.0247. The SMILES string of the molecule is COc1ccc(C(=O)N2CC(=O)N(Cc3ccc(-c4ccccc4)cc3)[C@@H](CCc3ccccc3)C2)cc1. The third-order valence-corrected chi connectivity index (χ3v) is 7.17. The normalized spacial score (nSPS) is 15.4. The standard InChI is InChI=1S/C33H32N2O3/c1-38-31-20-17-29(18-21-31)33(37)34-23-30(19-14-25-8-4-2-5-9-25)35(32(36)24-34)22-26-12-15-28(16-13-26)27-10-6-3-7-11-27/h2-13,15-18,20-21,30H,14,19,22-24H2,1H3/t30-/m0/s1. The van der Waals surface area contributed by atoms with E-state index in [9.17, 15) is 9.59 Å². The van der Waals surface area contributed by atoms with Gasteiger partial charge in [-0.25, -0.2) is 0 Å². The Bertz CT molecular complexity index is 1350. The molecule has 4 aromatic rings. The topological polar surface area (TPSA) is 49.9 Å². The van der Waals surface area contributed by atoms with E-state index in [1.165, 1.54) is 11.1 Å². The highest BCUT2D eigenvalue weighted by Gasteiger charge is 2.34. The molecule has 5 rings (SSSR count). The number of methoxy groups -OCH3 is 1. The van der Waals surface area contributed by atoms with Crippen LogP contribution in [0.5, 0.6) is 5.75 Å². The lowest BCUT2D eigenvalue weighted by Crippen LogP contribution is -2.57. The van der Waals surface area contributed by atoms with E-state index in [1.54, 1.807) is 36.3 Å². The van der Waals surface area contributed by atoms with Gasteiger partial charge in [-0.1, -0.05) is 84.9 Å². The van der Waals surface area contributed by atoms with Gasteiger partial charge >= 0.3 is 0 Å². The first-order valence-electron chi connectivity index (χ1n) is 13.0. The Morgan fingerprint density at radius 3 is 2.08 bits per heavy atom. The van der Waals surface area contributed by atoms with Crippen LogP contribution >= 0.6 is 0 Å². The molecule has 5 nitrogen and oxygen atoms in total. The minimum Gasteiger partial charge on any atom is -0.497 e. The largest absolute Gasteiger partial charge is 0.497 e. The number of rotatable bonds is 8. The summed E-state index contributed by atoms with van der Waals surface area (Å²) in [6.45, 7) is 1.11. The van der Waals surface area contributed by atoms with Gasteiger partial charge in [0.15, 0.2) is 0 Å². The Morgan fingerprint density at radius 1 is 0.789 bits per heavy atom. The van der Waals surface area contributed by atoms with Crippen molar-refractivity contribution >= 4 is 11.8 Å². The van der Waals surface area contributed by atoms with Crippen LogP contribution in [-0.2, 0) is 17.8 Å². The number of nitrogens with zero attached hydrogens (tertiary/aromatic N) is 2. The molecular weight excluding hydrogens is 472 g/mol. The summed E-state index contributed by atoms with van der Waals surface area (Å²) in [7, 11) is 1.60. The number of piperazine rings is 1. The van der Waals surface area contributed by atoms with Crippen molar-refractivity contribution in [3.63, 3.8) is 0 Å². The van der Waals surface area contributed by atoms with Gasteiger partial charge in [0.1, 0.15) is 12.3 Å². The molecule has 0 bridgehead atoms. The fraction of sp³-hybridized carbons (Fsp3) is 0.212. The van der Waals surface area contributed by atoms with Crippen LogP contribution in [-0.4, -0.2) is 47.9 Å². The van der Waals surface area contributed by atoms with E-state index in [0.29, 0.717) is 24.4 Å². The van der Waals surface area contributed by atoms with Crippen LogP contribution in [0, 0.1) is 0 Å². The van der Waals surface area contributed by atoms with Gasteiger partial charge in [-0.05, 0) is 59.4 Å². The zero-order valence-corrected chi connectivity index (χ0v) is 21.6. The molecule has 192 valence electrons. The van der Waals surface area contributed by atoms with E-state index in [-0.39, 0.29) is 24.4 Å². The van der Waals surface area contributed by atoms with Crippen molar-refractivity contribution in [1.29, 1.82) is 0 Å². The molecule has 1 fully saturated rings. The maximum Gasteiger partial charge on any atom is 0.254 e. The summed E-state index contributed by atoms with van der Waals surface area (Å²) >= 11 is 0. The maximum absolute atomic E-state index is 13.5. The third-order valence-electron chi connectivity index (χ3n) is 7.17. The first kappa shape index (κ1) is 25.3. The number of aryl methyl sites for hydroxylation is 1. The monoisotopic (exact) mass is 504 g/mol. The van der Waals surface area contributed by atoms with E-state index < -0.39 is 0 Å². The summed E-state index contributed by atoms with van der Waals surface area (Å²) in [4.78, 5) is 30.4. The molecule has 0 aliphatic carbocycles. The fourth-order valence-electron chi connectivity index (χ4n) is 5.02. The molecule has 0 unspecified atom stereocenters. The first-order valence-corrected chi connectivity index (χ1v) is 13.0. The van der Waals surface area contributed by atoms with E-state index in [0.717, 1.165) is 24.0 Å². The fourth-order valence-corrected chi connectivity index (χ4v) is 5.02. The van der Waals surface area contributed by atoms with Gasteiger partial charge in [0.05, 0.1) is 13.2 Å². The lowest BCUT2D eigenvalue weighted by atomic mass is 9.99. The molecule has 0 N–H and O–H groups in total. The van der Waals surface area contributed by atoms with Crippen LogP contribution in [0.25, 0.3) is 11.1 Å². The van der Waals surface area contributed by atoms with Crippen molar-refractivity contribution in [2.24, 2.45) is 0 Å². The summed E-state index contributed by atoms with van der Waals surface area (Å²) in [6, 6.07) is 36.0. The molecule has 1 aliphatic rings. The second kappa shape index (κ2) is 11.8. The van der Waals surface area contributed by atoms with E-state index >= 15 is 0 Å². The molecule has 1 heterocycles. The van der Waals surface area contributed by atoms with Crippen LogP contribution in [0.2, 0.25) is 0 Å². The zero-order valence-electron chi connectivity index (χ0n) is 21.6. The average Bonchev–Trinajstić information content (AvgIpc) is 2.98. The van der Waals surface area contributed by atoms with Gasteiger partial charge in [-0.2, -0.15) is 0 Å². The van der Waals surface area contributed by atoms with Gasteiger partial charge < -0.3 is 14.5 Å². The molecule has 0 radical (unpaired) electrons. The summed E-state index contributed by atoms with van der Waals surface area (Å²) in [5.74, 6) is 0.544. The van der Waals surface area contributed by atoms with Gasteiger partial charge in [0.25, 0.3) is 5.91 Å². The Balaban J connectivity index is 1.34. The highest BCUT2D eigenvalue weighted by atomic mass is 16.5. The van der Waals surface area contributed by atoms with Crippen LogP contribution in [0.1, 0.15) is 27.9 Å². The van der Waals surface area contributed by atoms with Gasteiger partial charge in [0, 0.05) is 18.7 Å². The predicted molar refractivity (Wildman–Crippen MR) is 150 cm³/mol. The summed E-state index contributed by atoms with van der Waals surface area (Å²) in [5, 5.41) is 0. The lowest BCUT2D eigenvalue weighted by molar-refractivity contribution is -0.139. The van der Waals surface area contributed by atoms with Crippen molar-refractivity contribution in [3.8, 4) is 16.9 Å². The summed E-state index contributed by atoms with van der Waals surface area (Å²) in [6.07, 6.45) is 1.62. The van der Waals surface area contributed by atoms with Crippen LogP contribution in [0.15, 0.2) is 109 Å². The zero-order chi connectivity index (χ0) is 26.3. The number of benzene rings is 4. The molecular formula is C33H32N2O3. The number of hydrogen-bond acceptors (Lipinski definition) is 3. The number of carbonyl (C=O) groups excluding carboxylic acids is 2. The molecule has 0 spiro atoms. The number of carbonyl (C=O) groups is 2. The molecule has 5 heteroatoms. The molecule has 1 aliphatic heterocycles. The van der Waals surface area contributed by atoms with E-state index in [2.05, 4.69) is 48.5 Å². The maximum atomic E-state index is 13.5. The first-order chi connectivity index (χ1) is 18.6. The highest BCUT2D eigenvalue weighted by Crippen LogP contribution is 2.24. The average molecular weight is 505 g/mol. The second-order valence-electron chi connectivity index (χ2n) is 9.68. The van der Waals surface area contributed by atoms with Crippen LogP contribution < -0.4 is 4.74 Å². The van der Waals surface area contributed by atoms with Crippen molar-refractivity contribution in [1.82, 2.24) is 9.80 Å². The van der Waals surface area contributed by atoms with Crippen molar-refractivity contribution < 1.29 is 14.3 Å². The molecule has 0 saturated carbocycles. The predicted octanol–water partition coefficient (Wildman–Crippen LogP) is 5.85. The number of hydrogen-bond donors (Lipinski definition) is 0.